The fourth-order valence-corrected chi connectivity index (χ4v) is 2.99. The third kappa shape index (κ3) is 2.63. The van der Waals surface area contributed by atoms with Crippen LogP contribution in [0.15, 0.2) is 40.3 Å². The summed E-state index contributed by atoms with van der Waals surface area (Å²) in [7, 11) is 0. The van der Waals surface area contributed by atoms with E-state index in [1.165, 1.54) is 11.1 Å². The summed E-state index contributed by atoms with van der Waals surface area (Å²) in [6.45, 7) is 4.01. The summed E-state index contributed by atoms with van der Waals surface area (Å²) < 4.78 is 5.66. The molecule has 0 amide bonds. The van der Waals surface area contributed by atoms with Crippen molar-refractivity contribution in [2.45, 2.75) is 38.5 Å². The van der Waals surface area contributed by atoms with Crippen molar-refractivity contribution in [3.63, 3.8) is 0 Å². The Hall–Kier alpha value is -1.61. The van der Waals surface area contributed by atoms with Crippen LogP contribution in [0.4, 0.5) is 0 Å². The van der Waals surface area contributed by atoms with Gasteiger partial charge in [-0.05, 0) is 43.4 Å². The molecule has 3 rings (SSSR count). The van der Waals surface area contributed by atoms with Crippen LogP contribution in [0, 0.1) is 6.92 Å². The van der Waals surface area contributed by atoms with Crippen LogP contribution in [0.1, 0.15) is 48.9 Å². The van der Waals surface area contributed by atoms with Crippen LogP contribution in [0.25, 0.3) is 0 Å². The lowest BCUT2D eigenvalue weighted by molar-refractivity contribution is 0.381. The smallest absolute Gasteiger partial charge is 0.220 e. The van der Waals surface area contributed by atoms with E-state index in [2.05, 4.69) is 35.3 Å². The molecule has 0 spiro atoms. The number of hydrogen-bond acceptors (Lipinski definition) is 3. The molecule has 1 aromatic carbocycles. The molecule has 4 heteroatoms. The molecular weight excluding hydrogens is 272 g/mol. The van der Waals surface area contributed by atoms with E-state index in [-0.39, 0.29) is 5.92 Å². The molecule has 0 aliphatic heterocycles. The number of benzene rings is 1. The first-order valence-corrected chi connectivity index (χ1v) is 7.22. The molecule has 0 radical (unpaired) electrons. The fourth-order valence-electron chi connectivity index (χ4n) is 2.86. The standard InChI is InChI=1S/C16H17ClN2O/c1-10-3-8-14(16-19-18-11(2)20-16)15(9-10)12-4-6-13(17)7-5-12/h3-7,14-15H,8-9H2,1-2H3. The minimum Gasteiger partial charge on any atom is -0.425 e. The first-order chi connectivity index (χ1) is 9.63. The Kier molecular flexibility index (Phi) is 3.62. The topological polar surface area (TPSA) is 38.9 Å². The molecule has 20 heavy (non-hydrogen) atoms. The predicted octanol–water partition coefficient (Wildman–Crippen LogP) is 4.64. The highest BCUT2D eigenvalue weighted by Crippen LogP contribution is 2.43. The number of halogens is 1. The Morgan fingerprint density at radius 1 is 1.10 bits per heavy atom. The maximum atomic E-state index is 5.98. The SMILES string of the molecule is CC1=CCC(c2nnc(C)o2)C(c2ccc(Cl)cc2)C1. The van der Waals surface area contributed by atoms with Crippen molar-refractivity contribution in [3.05, 3.63) is 58.3 Å². The maximum Gasteiger partial charge on any atom is 0.220 e. The molecule has 0 saturated heterocycles. The van der Waals surface area contributed by atoms with Crippen LogP contribution in [-0.2, 0) is 0 Å². The van der Waals surface area contributed by atoms with E-state index in [9.17, 15) is 0 Å². The highest BCUT2D eigenvalue weighted by Gasteiger charge is 2.31. The van der Waals surface area contributed by atoms with Crippen LogP contribution in [-0.4, -0.2) is 10.2 Å². The van der Waals surface area contributed by atoms with E-state index < -0.39 is 0 Å². The highest BCUT2D eigenvalue weighted by atomic mass is 35.5. The van der Waals surface area contributed by atoms with Crippen LogP contribution in [0.3, 0.4) is 0 Å². The number of aryl methyl sites for hydroxylation is 1. The lowest BCUT2D eigenvalue weighted by atomic mass is 9.76. The van der Waals surface area contributed by atoms with Gasteiger partial charge in [-0.25, -0.2) is 0 Å². The summed E-state index contributed by atoms with van der Waals surface area (Å²) in [6.07, 6.45) is 4.24. The van der Waals surface area contributed by atoms with E-state index in [0.717, 1.165) is 23.8 Å². The summed E-state index contributed by atoms with van der Waals surface area (Å²) >= 11 is 5.98. The lowest BCUT2D eigenvalue weighted by Crippen LogP contribution is -2.15. The van der Waals surface area contributed by atoms with Gasteiger partial charge in [0.05, 0.1) is 0 Å². The van der Waals surface area contributed by atoms with Gasteiger partial charge in [-0.3, -0.25) is 0 Å². The quantitative estimate of drug-likeness (QED) is 0.756. The second kappa shape index (κ2) is 5.41. The third-order valence-corrected chi connectivity index (χ3v) is 4.16. The van der Waals surface area contributed by atoms with Gasteiger partial charge in [0.1, 0.15) is 0 Å². The molecular formula is C16H17ClN2O. The number of nitrogens with zero attached hydrogens (tertiary/aromatic N) is 2. The molecule has 3 nitrogen and oxygen atoms in total. The van der Waals surface area contributed by atoms with Gasteiger partial charge in [0, 0.05) is 17.9 Å². The van der Waals surface area contributed by atoms with E-state index in [4.69, 9.17) is 16.0 Å². The average Bonchev–Trinajstić information content (AvgIpc) is 2.86. The van der Waals surface area contributed by atoms with Crippen molar-refractivity contribution in [1.29, 1.82) is 0 Å². The molecule has 1 aromatic heterocycles. The van der Waals surface area contributed by atoms with E-state index in [1.807, 2.05) is 19.1 Å². The van der Waals surface area contributed by atoms with Gasteiger partial charge in [-0.15, -0.1) is 10.2 Å². The van der Waals surface area contributed by atoms with Gasteiger partial charge in [0.25, 0.3) is 0 Å². The van der Waals surface area contributed by atoms with Crippen molar-refractivity contribution < 1.29 is 4.42 Å². The highest BCUT2D eigenvalue weighted by molar-refractivity contribution is 6.30. The van der Waals surface area contributed by atoms with Gasteiger partial charge in [0.2, 0.25) is 11.8 Å². The Labute approximate surface area is 123 Å². The molecule has 1 heterocycles. The van der Waals surface area contributed by atoms with E-state index >= 15 is 0 Å². The van der Waals surface area contributed by atoms with Crippen LogP contribution in [0.2, 0.25) is 5.02 Å². The van der Waals surface area contributed by atoms with Crippen molar-refractivity contribution in [1.82, 2.24) is 10.2 Å². The number of aromatic nitrogens is 2. The maximum absolute atomic E-state index is 5.98. The molecule has 0 saturated carbocycles. The molecule has 2 atom stereocenters. The van der Waals surface area contributed by atoms with Crippen molar-refractivity contribution in [2.24, 2.45) is 0 Å². The number of rotatable bonds is 2. The van der Waals surface area contributed by atoms with Crippen molar-refractivity contribution in [2.75, 3.05) is 0 Å². The monoisotopic (exact) mass is 288 g/mol. The lowest BCUT2D eigenvalue weighted by Gasteiger charge is -2.28. The molecule has 1 aliphatic rings. The van der Waals surface area contributed by atoms with Crippen LogP contribution in [0.5, 0.6) is 0 Å². The minimum atomic E-state index is 0.251. The Bertz CT molecular complexity index is 630. The fraction of sp³-hybridized carbons (Fsp3) is 0.375. The average molecular weight is 289 g/mol. The van der Waals surface area contributed by atoms with Crippen LogP contribution >= 0.6 is 11.6 Å². The zero-order chi connectivity index (χ0) is 14.1. The molecule has 0 fully saturated rings. The van der Waals surface area contributed by atoms with Gasteiger partial charge in [-0.1, -0.05) is 35.4 Å². The summed E-state index contributed by atoms with van der Waals surface area (Å²) in [4.78, 5) is 0. The van der Waals surface area contributed by atoms with Gasteiger partial charge >= 0.3 is 0 Å². The molecule has 2 unspecified atom stereocenters. The van der Waals surface area contributed by atoms with Gasteiger partial charge in [0.15, 0.2) is 0 Å². The first-order valence-electron chi connectivity index (χ1n) is 6.84. The number of allylic oxidation sites excluding steroid dienone is 2. The summed E-state index contributed by atoms with van der Waals surface area (Å²) in [5, 5.41) is 8.95. The minimum absolute atomic E-state index is 0.251. The zero-order valence-electron chi connectivity index (χ0n) is 11.6. The van der Waals surface area contributed by atoms with Gasteiger partial charge in [-0.2, -0.15) is 0 Å². The second-order valence-corrected chi connectivity index (χ2v) is 5.85. The summed E-state index contributed by atoms with van der Waals surface area (Å²) in [5.74, 6) is 1.99. The Morgan fingerprint density at radius 2 is 1.85 bits per heavy atom. The largest absolute Gasteiger partial charge is 0.425 e. The molecule has 104 valence electrons. The Balaban J connectivity index is 1.96. The van der Waals surface area contributed by atoms with Crippen LogP contribution < -0.4 is 0 Å². The first kappa shape index (κ1) is 13.4. The second-order valence-electron chi connectivity index (χ2n) is 5.41. The van der Waals surface area contributed by atoms with Crippen molar-refractivity contribution >= 4 is 11.6 Å². The zero-order valence-corrected chi connectivity index (χ0v) is 12.4. The van der Waals surface area contributed by atoms with Crippen molar-refractivity contribution in [3.8, 4) is 0 Å². The van der Waals surface area contributed by atoms with E-state index in [0.29, 0.717) is 11.8 Å². The molecule has 2 aromatic rings. The van der Waals surface area contributed by atoms with E-state index in [1.54, 1.807) is 0 Å². The van der Waals surface area contributed by atoms with Gasteiger partial charge < -0.3 is 4.42 Å². The summed E-state index contributed by atoms with van der Waals surface area (Å²) in [6, 6.07) is 8.09. The molecule has 0 bridgehead atoms. The normalized spacial score (nSPS) is 22.6. The third-order valence-electron chi connectivity index (χ3n) is 3.90. The molecule has 1 aliphatic carbocycles. The summed E-state index contributed by atoms with van der Waals surface area (Å²) in [5.41, 5.74) is 2.69. The molecule has 0 N–H and O–H groups in total. The predicted molar refractivity (Wildman–Crippen MR) is 79.0 cm³/mol. The Morgan fingerprint density at radius 3 is 2.50 bits per heavy atom. The number of hydrogen-bond donors (Lipinski definition) is 0.